The van der Waals surface area contributed by atoms with E-state index in [2.05, 4.69) is 10.2 Å². The van der Waals surface area contributed by atoms with Gasteiger partial charge in [-0.3, -0.25) is 9.69 Å². The van der Waals surface area contributed by atoms with Crippen molar-refractivity contribution in [3.8, 4) is 0 Å². The van der Waals surface area contributed by atoms with Gasteiger partial charge in [-0.2, -0.15) is 0 Å². The van der Waals surface area contributed by atoms with Gasteiger partial charge >= 0.3 is 0 Å². The van der Waals surface area contributed by atoms with Crippen LogP contribution in [0.5, 0.6) is 0 Å². The second kappa shape index (κ2) is 6.89. The smallest absolute Gasteiger partial charge is 0.238 e. The van der Waals surface area contributed by atoms with Crippen LogP contribution in [0.2, 0.25) is 5.02 Å². The standard InChI is InChI=1S/C14H19ClN2O2/c15-11-4-6-12(7-5-11)16-14(19)9-17-8-2-1-3-13(17)10-18/h4-7,13,18H,1-3,8-10H2,(H,16,19)/t13-/m1/s1. The van der Waals surface area contributed by atoms with E-state index in [4.69, 9.17) is 11.6 Å². The summed E-state index contributed by atoms with van der Waals surface area (Å²) < 4.78 is 0. The van der Waals surface area contributed by atoms with Gasteiger partial charge in [-0.05, 0) is 43.7 Å². The highest BCUT2D eigenvalue weighted by Gasteiger charge is 2.23. The van der Waals surface area contributed by atoms with Crippen molar-refractivity contribution in [3.63, 3.8) is 0 Å². The van der Waals surface area contributed by atoms with Gasteiger partial charge in [0.15, 0.2) is 0 Å². The summed E-state index contributed by atoms with van der Waals surface area (Å²) in [6.45, 7) is 1.32. The third-order valence-electron chi connectivity index (χ3n) is 3.43. The third kappa shape index (κ3) is 4.20. The summed E-state index contributed by atoms with van der Waals surface area (Å²) >= 11 is 5.79. The molecule has 1 aromatic carbocycles. The highest BCUT2D eigenvalue weighted by atomic mass is 35.5. The maximum atomic E-state index is 12.0. The van der Waals surface area contributed by atoms with Crippen molar-refractivity contribution >= 4 is 23.2 Å². The van der Waals surface area contributed by atoms with Gasteiger partial charge in [0.05, 0.1) is 13.2 Å². The first-order valence-electron chi connectivity index (χ1n) is 6.59. The maximum Gasteiger partial charge on any atom is 0.238 e. The number of benzene rings is 1. The topological polar surface area (TPSA) is 52.6 Å². The van der Waals surface area contributed by atoms with Crippen molar-refractivity contribution in [1.29, 1.82) is 0 Å². The number of anilines is 1. The molecule has 0 aromatic heterocycles. The lowest BCUT2D eigenvalue weighted by Gasteiger charge is -2.33. The molecule has 1 saturated heterocycles. The van der Waals surface area contributed by atoms with Gasteiger partial charge < -0.3 is 10.4 Å². The summed E-state index contributed by atoms with van der Waals surface area (Å²) in [5, 5.41) is 12.8. The van der Waals surface area contributed by atoms with Crippen molar-refractivity contribution in [3.05, 3.63) is 29.3 Å². The van der Waals surface area contributed by atoms with Crippen LogP contribution in [0.1, 0.15) is 19.3 Å². The first-order valence-corrected chi connectivity index (χ1v) is 6.97. The molecule has 1 amide bonds. The van der Waals surface area contributed by atoms with E-state index in [1.807, 2.05) is 0 Å². The highest BCUT2D eigenvalue weighted by Crippen LogP contribution is 2.17. The molecule has 2 rings (SSSR count). The van der Waals surface area contributed by atoms with Crippen molar-refractivity contribution in [1.82, 2.24) is 4.90 Å². The lowest BCUT2D eigenvalue weighted by atomic mass is 10.0. The summed E-state index contributed by atoms with van der Waals surface area (Å²) in [4.78, 5) is 14.0. The van der Waals surface area contributed by atoms with E-state index in [-0.39, 0.29) is 18.6 Å². The van der Waals surface area contributed by atoms with Gasteiger partial charge in [0, 0.05) is 16.8 Å². The molecule has 1 heterocycles. The third-order valence-corrected chi connectivity index (χ3v) is 3.69. The maximum absolute atomic E-state index is 12.0. The molecule has 0 spiro atoms. The first-order chi connectivity index (χ1) is 9.19. The SMILES string of the molecule is O=C(CN1CCCC[C@@H]1CO)Nc1ccc(Cl)cc1. The summed E-state index contributed by atoms with van der Waals surface area (Å²) in [5.41, 5.74) is 0.743. The average molecular weight is 283 g/mol. The molecular weight excluding hydrogens is 264 g/mol. The molecule has 19 heavy (non-hydrogen) atoms. The van der Waals surface area contributed by atoms with Crippen LogP contribution in [-0.2, 0) is 4.79 Å². The molecule has 0 unspecified atom stereocenters. The fourth-order valence-corrected chi connectivity index (χ4v) is 2.52. The Morgan fingerprint density at radius 3 is 2.79 bits per heavy atom. The van der Waals surface area contributed by atoms with Gasteiger partial charge in [-0.15, -0.1) is 0 Å². The van der Waals surface area contributed by atoms with Crippen LogP contribution in [0.15, 0.2) is 24.3 Å². The molecule has 0 bridgehead atoms. The minimum Gasteiger partial charge on any atom is -0.395 e. The molecule has 2 N–H and O–H groups in total. The number of halogens is 1. The number of nitrogens with zero attached hydrogens (tertiary/aromatic N) is 1. The molecule has 1 aliphatic rings. The highest BCUT2D eigenvalue weighted by molar-refractivity contribution is 6.30. The van der Waals surface area contributed by atoms with Gasteiger partial charge in [0.25, 0.3) is 0 Å². The number of hydrogen-bond donors (Lipinski definition) is 2. The molecule has 0 radical (unpaired) electrons. The number of carbonyl (C=O) groups is 1. The zero-order valence-corrected chi connectivity index (χ0v) is 11.6. The van der Waals surface area contributed by atoms with E-state index in [0.29, 0.717) is 11.6 Å². The Bertz CT molecular complexity index is 422. The molecule has 1 atom stereocenters. The predicted octanol–water partition coefficient (Wildman–Crippen LogP) is 2.13. The zero-order chi connectivity index (χ0) is 13.7. The largest absolute Gasteiger partial charge is 0.395 e. The monoisotopic (exact) mass is 282 g/mol. The Labute approximate surface area is 118 Å². The number of hydrogen-bond acceptors (Lipinski definition) is 3. The minimum atomic E-state index is -0.0531. The van der Waals surface area contributed by atoms with E-state index < -0.39 is 0 Å². The van der Waals surface area contributed by atoms with Crippen molar-refractivity contribution < 1.29 is 9.90 Å². The number of amides is 1. The molecule has 1 aromatic rings. The number of aliphatic hydroxyl groups is 1. The predicted molar refractivity (Wildman–Crippen MR) is 76.4 cm³/mol. The van der Waals surface area contributed by atoms with Gasteiger partial charge in [-0.25, -0.2) is 0 Å². The van der Waals surface area contributed by atoms with Crippen molar-refractivity contribution in [2.45, 2.75) is 25.3 Å². The average Bonchev–Trinajstić information content (AvgIpc) is 2.42. The van der Waals surface area contributed by atoms with E-state index in [0.717, 1.165) is 31.5 Å². The summed E-state index contributed by atoms with van der Waals surface area (Å²) in [7, 11) is 0. The fraction of sp³-hybridized carbons (Fsp3) is 0.500. The zero-order valence-electron chi connectivity index (χ0n) is 10.8. The lowest BCUT2D eigenvalue weighted by molar-refractivity contribution is -0.118. The van der Waals surface area contributed by atoms with Crippen molar-refractivity contribution in [2.24, 2.45) is 0 Å². The minimum absolute atomic E-state index is 0.0531. The van der Waals surface area contributed by atoms with Crippen LogP contribution >= 0.6 is 11.6 Å². The molecule has 0 saturated carbocycles. The second-order valence-corrected chi connectivity index (χ2v) is 5.29. The van der Waals surface area contributed by atoms with Crippen molar-refractivity contribution in [2.75, 3.05) is 25.0 Å². The quantitative estimate of drug-likeness (QED) is 0.889. The Hall–Kier alpha value is -1.10. The molecule has 104 valence electrons. The Balaban J connectivity index is 1.88. The summed E-state index contributed by atoms with van der Waals surface area (Å²) in [6.07, 6.45) is 3.18. The van der Waals surface area contributed by atoms with Crippen LogP contribution in [0.25, 0.3) is 0 Å². The molecule has 1 aliphatic heterocycles. The van der Waals surface area contributed by atoms with Crippen LogP contribution in [-0.4, -0.2) is 41.7 Å². The van der Waals surface area contributed by atoms with E-state index in [9.17, 15) is 9.90 Å². The molecule has 1 fully saturated rings. The number of carbonyl (C=O) groups excluding carboxylic acids is 1. The van der Waals surface area contributed by atoms with Crippen LogP contribution in [0, 0.1) is 0 Å². The molecule has 0 aliphatic carbocycles. The molecular formula is C14H19ClN2O2. The number of aliphatic hydroxyl groups excluding tert-OH is 1. The number of rotatable bonds is 4. The number of likely N-dealkylation sites (tertiary alicyclic amines) is 1. The van der Waals surface area contributed by atoms with Crippen LogP contribution < -0.4 is 5.32 Å². The molecule has 5 heteroatoms. The van der Waals surface area contributed by atoms with E-state index in [1.54, 1.807) is 24.3 Å². The lowest BCUT2D eigenvalue weighted by Crippen LogP contribution is -2.45. The number of nitrogens with one attached hydrogen (secondary N) is 1. The van der Waals surface area contributed by atoms with Gasteiger partial charge in [-0.1, -0.05) is 18.0 Å². The first kappa shape index (κ1) is 14.3. The Kier molecular flexibility index (Phi) is 5.19. The van der Waals surface area contributed by atoms with Crippen LogP contribution in [0.4, 0.5) is 5.69 Å². The van der Waals surface area contributed by atoms with E-state index in [1.165, 1.54) is 0 Å². The van der Waals surface area contributed by atoms with E-state index >= 15 is 0 Å². The number of piperidine rings is 1. The second-order valence-electron chi connectivity index (χ2n) is 4.86. The summed E-state index contributed by atoms with van der Waals surface area (Å²) in [6, 6.07) is 7.16. The fourth-order valence-electron chi connectivity index (χ4n) is 2.39. The van der Waals surface area contributed by atoms with Gasteiger partial charge in [0.1, 0.15) is 0 Å². The Morgan fingerprint density at radius 1 is 1.37 bits per heavy atom. The van der Waals surface area contributed by atoms with Gasteiger partial charge in [0.2, 0.25) is 5.91 Å². The molecule has 4 nitrogen and oxygen atoms in total. The summed E-state index contributed by atoms with van der Waals surface area (Å²) in [5.74, 6) is -0.0531. The van der Waals surface area contributed by atoms with Crippen LogP contribution in [0.3, 0.4) is 0 Å². The Morgan fingerprint density at radius 2 is 2.11 bits per heavy atom. The normalized spacial score (nSPS) is 20.2.